The zero-order chi connectivity index (χ0) is 23.6. The fraction of sp³-hybridized carbons (Fsp3) is 0.267. The van der Waals surface area contributed by atoms with Crippen LogP contribution in [0.1, 0.15) is 41.9 Å². The van der Waals surface area contributed by atoms with Crippen LogP contribution in [0.5, 0.6) is 0 Å². The summed E-state index contributed by atoms with van der Waals surface area (Å²) in [6, 6.07) is 30.7. The number of amides is 2. The van der Waals surface area contributed by atoms with Crippen LogP contribution in [0, 0.1) is 5.92 Å². The van der Waals surface area contributed by atoms with Crippen molar-refractivity contribution in [3.05, 3.63) is 114 Å². The van der Waals surface area contributed by atoms with Crippen molar-refractivity contribution in [2.24, 2.45) is 5.92 Å². The minimum absolute atomic E-state index is 0.0104. The predicted molar refractivity (Wildman–Crippen MR) is 137 cm³/mol. The van der Waals surface area contributed by atoms with Crippen molar-refractivity contribution in [2.75, 3.05) is 19.6 Å². The van der Waals surface area contributed by atoms with Crippen molar-refractivity contribution in [3.8, 4) is 0 Å². The van der Waals surface area contributed by atoms with Crippen LogP contribution in [0.25, 0.3) is 6.08 Å². The van der Waals surface area contributed by atoms with E-state index in [0.29, 0.717) is 32.5 Å². The van der Waals surface area contributed by atoms with Crippen molar-refractivity contribution >= 4 is 17.9 Å². The molecule has 4 heteroatoms. The van der Waals surface area contributed by atoms with Gasteiger partial charge >= 0.3 is 0 Å². The summed E-state index contributed by atoms with van der Waals surface area (Å²) < 4.78 is 0. The fourth-order valence-corrected chi connectivity index (χ4v) is 4.58. The Balaban J connectivity index is 1.25. The molecule has 2 amide bonds. The second kappa shape index (κ2) is 12.0. The number of nitrogens with one attached hydrogen (secondary N) is 1. The van der Waals surface area contributed by atoms with Crippen LogP contribution in [-0.4, -0.2) is 36.3 Å². The Morgan fingerprint density at radius 3 is 1.91 bits per heavy atom. The van der Waals surface area contributed by atoms with Gasteiger partial charge in [0, 0.05) is 37.5 Å². The molecule has 1 heterocycles. The van der Waals surface area contributed by atoms with Crippen LogP contribution in [0.15, 0.2) is 97.1 Å². The maximum atomic E-state index is 12.8. The van der Waals surface area contributed by atoms with Crippen molar-refractivity contribution in [3.63, 3.8) is 0 Å². The third kappa shape index (κ3) is 6.44. The van der Waals surface area contributed by atoms with E-state index in [4.69, 9.17) is 0 Å². The van der Waals surface area contributed by atoms with Gasteiger partial charge in [0.2, 0.25) is 11.8 Å². The molecular weight excluding hydrogens is 420 g/mol. The second-order valence-electron chi connectivity index (χ2n) is 8.80. The molecule has 3 aromatic carbocycles. The van der Waals surface area contributed by atoms with Gasteiger partial charge in [-0.1, -0.05) is 91.0 Å². The van der Waals surface area contributed by atoms with E-state index in [1.165, 1.54) is 11.1 Å². The lowest BCUT2D eigenvalue weighted by molar-refractivity contribution is -0.132. The van der Waals surface area contributed by atoms with Crippen LogP contribution < -0.4 is 5.32 Å². The Labute approximate surface area is 202 Å². The summed E-state index contributed by atoms with van der Waals surface area (Å²) in [5, 5.41) is 3.16. The Morgan fingerprint density at radius 2 is 1.35 bits per heavy atom. The summed E-state index contributed by atoms with van der Waals surface area (Å²) in [5.41, 5.74) is 3.53. The molecule has 1 saturated heterocycles. The lowest BCUT2D eigenvalue weighted by Crippen LogP contribution is -2.42. The zero-order valence-electron chi connectivity index (χ0n) is 19.5. The van der Waals surface area contributed by atoms with Crippen molar-refractivity contribution in [1.29, 1.82) is 0 Å². The van der Waals surface area contributed by atoms with E-state index < -0.39 is 0 Å². The van der Waals surface area contributed by atoms with Gasteiger partial charge in [0.25, 0.3) is 0 Å². The Kier molecular flexibility index (Phi) is 8.28. The molecule has 1 fully saturated rings. The van der Waals surface area contributed by atoms with Crippen LogP contribution in [0.2, 0.25) is 0 Å². The van der Waals surface area contributed by atoms with E-state index >= 15 is 0 Å². The zero-order valence-corrected chi connectivity index (χ0v) is 19.5. The van der Waals surface area contributed by atoms with Gasteiger partial charge in [-0.3, -0.25) is 9.59 Å². The van der Waals surface area contributed by atoms with Crippen LogP contribution in [0.3, 0.4) is 0 Å². The molecule has 0 bridgehead atoms. The molecule has 0 atom stereocenters. The molecule has 0 radical (unpaired) electrons. The number of benzene rings is 3. The topological polar surface area (TPSA) is 49.4 Å². The second-order valence-corrected chi connectivity index (χ2v) is 8.80. The highest BCUT2D eigenvalue weighted by atomic mass is 16.2. The quantitative estimate of drug-likeness (QED) is 0.473. The summed E-state index contributed by atoms with van der Waals surface area (Å²) in [7, 11) is 0. The number of carbonyl (C=O) groups is 2. The average molecular weight is 453 g/mol. The molecular formula is C30H32N2O2. The summed E-state index contributed by atoms with van der Waals surface area (Å²) in [6.07, 6.45) is 5.73. The lowest BCUT2D eigenvalue weighted by Gasteiger charge is -2.30. The van der Waals surface area contributed by atoms with Gasteiger partial charge in [-0.25, -0.2) is 0 Å². The molecule has 0 unspecified atom stereocenters. The normalized spacial score (nSPS) is 14.4. The molecule has 1 aliphatic rings. The van der Waals surface area contributed by atoms with E-state index in [2.05, 4.69) is 53.8 Å². The highest BCUT2D eigenvalue weighted by molar-refractivity contribution is 5.92. The van der Waals surface area contributed by atoms with Crippen molar-refractivity contribution in [1.82, 2.24) is 10.2 Å². The first-order chi connectivity index (χ1) is 16.7. The van der Waals surface area contributed by atoms with Gasteiger partial charge < -0.3 is 10.2 Å². The summed E-state index contributed by atoms with van der Waals surface area (Å²) >= 11 is 0. The molecule has 1 aliphatic heterocycles. The van der Waals surface area contributed by atoms with E-state index in [9.17, 15) is 9.59 Å². The van der Waals surface area contributed by atoms with Gasteiger partial charge in [0.1, 0.15) is 0 Å². The van der Waals surface area contributed by atoms with E-state index in [-0.39, 0.29) is 23.7 Å². The average Bonchev–Trinajstić information content (AvgIpc) is 2.91. The molecule has 34 heavy (non-hydrogen) atoms. The largest absolute Gasteiger partial charge is 0.356 e. The minimum atomic E-state index is -0.0333. The summed E-state index contributed by atoms with van der Waals surface area (Å²) in [5.74, 6) is 0.329. The first-order valence-electron chi connectivity index (χ1n) is 12.1. The SMILES string of the molecule is O=C(NCCC(c1ccccc1)c1ccccc1)C1CCN(C(=O)C=Cc2ccccc2)CC1. The molecule has 0 aromatic heterocycles. The smallest absolute Gasteiger partial charge is 0.246 e. The molecule has 174 valence electrons. The molecule has 3 aromatic rings. The predicted octanol–water partition coefficient (Wildman–Crippen LogP) is 5.28. The van der Waals surface area contributed by atoms with Gasteiger partial charge in [0.15, 0.2) is 0 Å². The van der Waals surface area contributed by atoms with E-state index in [0.717, 1.165) is 12.0 Å². The molecule has 4 nitrogen and oxygen atoms in total. The maximum absolute atomic E-state index is 12.8. The van der Waals surface area contributed by atoms with Gasteiger partial charge in [-0.2, -0.15) is 0 Å². The molecule has 0 saturated carbocycles. The molecule has 0 spiro atoms. The van der Waals surface area contributed by atoms with Gasteiger partial charge in [-0.15, -0.1) is 0 Å². The third-order valence-electron chi connectivity index (χ3n) is 6.53. The number of likely N-dealkylation sites (tertiary alicyclic amines) is 1. The number of carbonyl (C=O) groups excluding carboxylic acids is 2. The molecule has 1 N–H and O–H groups in total. The van der Waals surface area contributed by atoms with Gasteiger partial charge in [-0.05, 0) is 42.0 Å². The standard InChI is InChI=1S/C30H32N2O2/c33-29(17-16-24-10-4-1-5-11-24)32-22-19-27(20-23-32)30(34)31-21-18-28(25-12-6-2-7-13-25)26-14-8-3-9-15-26/h1-17,27-28H,18-23H2,(H,31,34). The van der Waals surface area contributed by atoms with Crippen LogP contribution in [0.4, 0.5) is 0 Å². The lowest BCUT2D eigenvalue weighted by atomic mass is 9.88. The molecule has 4 rings (SSSR count). The number of hydrogen-bond acceptors (Lipinski definition) is 2. The number of hydrogen-bond donors (Lipinski definition) is 1. The Hall–Kier alpha value is -3.66. The number of rotatable bonds is 8. The van der Waals surface area contributed by atoms with Crippen molar-refractivity contribution < 1.29 is 9.59 Å². The summed E-state index contributed by atoms with van der Waals surface area (Å²) in [6.45, 7) is 1.87. The fourth-order valence-electron chi connectivity index (χ4n) is 4.58. The monoisotopic (exact) mass is 452 g/mol. The molecule has 0 aliphatic carbocycles. The first-order valence-corrected chi connectivity index (χ1v) is 12.1. The van der Waals surface area contributed by atoms with E-state index in [1.54, 1.807) is 6.08 Å². The van der Waals surface area contributed by atoms with Crippen LogP contribution >= 0.6 is 0 Å². The van der Waals surface area contributed by atoms with Crippen molar-refractivity contribution in [2.45, 2.75) is 25.2 Å². The highest BCUT2D eigenvalue weighted by Gasteiger charge is 2.26. The Bertz CT molecular complexity index is 1030. The Morgan fingerprint density at radius 1 is 0.824 bits per heavy atom. The summed E-state index contributed by atoms with van der Waals surface area (Å²) in [4.78, 5) is 27.2. The minimum Gasteiger partial charge on any atom is -0.356 e. The van der Waals surface area contributed by atoms with E-state index in [1.807, 2.05) is 53.4 Å². The first kappa shape index (κ1) is 23.5. The van der Waals surface area contributed by atoms with Crippen LogP contribution in [-0.2, 0) is 9.59 Å². The third-order valence-corrected chi connectivity index (χ3v) is 6.53. The number of piperidine rings is 1. The van der Waals surface area contributed by atoms with Gasteiger partial charge in [0.05, 0.1) is 0 Å². The highest BCUT2D eigenvalue weighted by Crippen LogP contribution is 2.27. The number of nitrogens with zero attached hydrogens (tertiary/aromatic N) is 1. The maximum Gasteiger partial charge on any atom is 0.246 e.